The van der Waals surface area contributed by atoms with Crippen molar-refractivity contribution < 1.29 is 13.3 Å². The number of aromatic nitrogens is 3. The van der Waals surface area contributed by atoms with E-state index in [1.54, 1.807) is 23.2 Å². The molecule has 140 valence electrons. The molecule has 0 atom stereocenters. The lowest BCUT2D eigenvalue weighted by atomic mass is 10.3. The summed E-state index contributed by atoms with van der Waals surface area (Å²) >= 11 is 0. The summed E-state index contributed by atoms with van der Waals surface area (Å²) < 4.78 is 27.4. The van der Waals surface area contributed by atoms with Crippen LogP contribution in [0.4, 0.5) is 11.5 Å². The standard InChI is InChI=1S/C16H16N6O4S/c23-22(24)13-4-2-6-18-16(13)20-7-9-21(10-8-20)27(25,26)14-11-19-15-12(14)3-1-5-17-15/h1-6,11H,7-10H2,(H,17,19). The van der Waals surface area contributed by atoms with Crippen molar-refractivity contribution in [1.82, 2.24) is 19.3 Å². The number of rotatable bonds is 4. The van der Waals surface area contributed by atoms with E-state index in [2.05, 4.69) is 15.0 Å². The second kappa shape index (κ2) is 6.59. The van der Waals surface area contributed by atoms with Crippen molar-refractivity contribution in [3.8, 4) is 0 Å². The second-order valence-corrected chi connectivity index (χ2v) is 7.95. The SMILES string of the molecule is O=[N+]([O-])c1cccnc1N1CCN(S(=O)(=O)c2c[nH]c3ncccc23)CC1. The zero-order chi connectivity index (χ0) is 19.0. The first-order valence-corrected chi connectivity index (χ1v) is 9.69. The predicted molar refractivity (Wildman–Crippen MR) is 98.0 cm³/mol. The second-order valence-electron chi connectivity index (χ2n) is 6.05. The van der Waals surface area contributed by atoms with Crippen LogP contribution >= 0.6 is 0 Å². The molecule has 0 aromatic carbocycles. The molecule has 1 N–H and O–H groups in total. The highest BCUT2D eigenvalue weighted by Crippen LogP contribution is 2.28. The zero-order valence-electron chi connectivity index (χ0n) is 14.1. The third kappa shape index (κ3) is 3.00. The molecule has 0 amide bonds. The Morgan fingerprint density at radius 3 is 2.52 bits per heavy atom. The van der Waals surface area contributed by atoms with E-state index in [0.29, 0.717) is 24.1 Å². The summed E-state index contributed by atoms with van der Waals surface area (Å²) in [7, 11) is -3.70. The van der Waals surface area contributed by atoms with Crippen LogP contribution in [0.15, 0.2) is 47.8 Å². The van der Waals surface area contributed by atoms with E-state index in [4.69, 9.17) is 0 Å². The molecule has 4 heterocycles. The summed E-state index contributed by atoms with van der Waals surface area (Å²) in [6, 6.07) is 6.30. The fourth-order valence-electron chi connectivity index (χ4n) is 3.20. The number of H-pyrrole nitrogens is 1. The lowest BCUT2D eigenvalue weighted by molar-refractivity contribution is -0.384. The number of hydrogen-bond acceptors (Lipinski definition) is 7. The zero-order valence-corrected chi connectivity index (χ0v) is 15.0. The van der Waals surface area contributed by atoms with Gasteiger partial charge in [-0.15, -0.1) is 0 Å². The maximum absolute atomic E-state index is 13.0. The molecule has 0 bridgehead atoms. The predicted octanol–water partition coefficient (Wildman–Crippen LogP) is 1.38. The van der Waals surface area contributed by atoms with Gasteiger partial charge in [-0.05, 0) is 18.2 Å². The van der Waals surface area contributed by atoms with Gasteiger partial charge < -0.3 is 9.88 Å². The summed E-state index contributed by atoms with van der Waals surface area (Å²) in [4.78, 5) is 23.7. The van der Waals surface area contributed by atoms with E-state index in [1.165, 1.54) is 28.8 Å². The van der Waals surface area contributed by atoms with E-state index in [-0.39, 0.29) is 29.5 Å². The molecule has 0 radical (unpaired) electrons. The van der Waals surface area contributed by atoms with Gasteiger partial charge in [0.1, 0.15) is 10.5 Å². The number of aromatic amines is 1. The highest BCUT2D eigenvalue weighted by atomic mass is 32.2. The van der Waals surface area contributed by atoms with E-state index >= 15 is 0 Å². The molecule has 1 aliphatic heterocycles. The Morgan fingerprint density at radius 1 is 1.07 bits per heavy atom. The fraction of sp³-hybridized carbons (Fsp3) is 0.250. The first-order valence-electron chi connectivity index (χ1n) is 8.25. The smallest absolute Gasteiger partial charge is 0.311 e. The van der Waals surface area contributed by atoms with Crippen molar-refractivity contribution in [3.63, 3.8) is 0 Å². The van der Waals surface area contributed by atoms with Gasteiger partial charge in [-0.3, -0.25) is 10.1 Å². The Kier molecular flexibility index (Phi) is 4.24. The van der Waals surface area contributed by atoms with Gasteiger partial charge in [-0.25, -0.2) is 18.4 Å². The van der Waals surface area contributed by atoms with Crippen LogP contribution in [0.3, 0.4) is 0 Å². The third-order valence-electron chi connectivity index (χ3n) is 4.53. The van der Waals surface area contributed by atoms with E-state index in [9.17, 15) is 18.5 Å². The first kappa shape index (κ1) is 17.4. The molecular formula is C16H16N6O4S. The number of nitrogens with zero attached hydrogens (tertiary/aromatic N) is 5. The number of pyridine rings is 2. The van der Waals surface area contributed by atoms with Crippen LogP contribution in [0.25, 0.3) is 11.0 Å². The van der Waals surface area contributed by atoms with Gasteiger partial charge in [0.15, 0.2) is 0 Å². The number of fused-ring (bicyclic) bond motifs is 1. The number of piperazine rings is 1. The molecule has 27 heavy (non-hydrogen) atoms. The van der Waals surface area contributed by atoms with Gasteiger partial charge >= 0.3 is 5.69 Å². The average Bonchev–Trinajstić information content (AvgIpc) is 3.13. The molecule has 0 spiro atoms. The lowest BCUT2D eigenvalue weighted by Crippen LogP contribution is -2.49. The van der Waals surface area contributed by atoms with Crippen LogP contribution in [0, 0.1) is 10.1 Å². The Bertz CT molecular complexity index is 1100. The number of nitrogens with one attached hydrogen (secondary N) is 1. The monoisotopic (exact) mass is 388 g/mol. The molecule has 4 rings (SSSR count). The lowest BCUT2D eigenvalue weighted by Gasteiger charge is -2.34. The number of anilines is 1. The third-order valence-corrected chi connectivity index (χ3v) is 6.47. The van der Waals surface area contributed by atoms with Gasteiger partial charge in [0.05, 0.1) is 4.92 Å². The van der Waals surface area contributed by atoms with E-state index in [1.807, 2.05) is 0 Å². The summed E-state index contributed by atoms with van der Waals surface area (Å²) in [5.41, 5.74) is 0.426. The van der Waals surface area contributed by atoms with Crippen molar-refractivity contribution >= 4 is 32.6 Å². The topological polar surface area (TPSA) is 125 Å². The van der Waals surface area contributed by atoms with Crippen molar-refractivity contribution in [2.45, 2.75) is 4.90 Å². The minimum Gasteiger partial charge on any atom is -0.348 e. The minimum atomic E-state index is -3.70. The molecule has 1 aliphatic rings. The fourth-order valence-corrected chi connectivity index (χ4v) is 4.77. The highest BCUT2D eigenvalue weighted by molar-refractivity contribution is 7.89. The van der Waals surface area contributed by atoms with Crippen molar-refractivity contribution in [3.05, 3.63) is 53.0 Å². The average molecular weight is 388 g/mol. The van der Waals surface area contributed by atoms with Crippen LogP contribution in [0.1, 0.15) is 0 Å². The molecule has 0 aliphatic carbocycles. The van der Waals surface area contributed by atoms with E-state index in [0.717, 1.165) is 0 Å². The summed E-state index contributed by atoms with van der Waals surface area (Å²) in [5, 5.41) is 11.7. The van der Waals surface area contributed by atoms with Gasteiger partial charge in [0, 0.05) is 56.2 Å². The van der Waals surface area contributed by atoms with E-state index < -0.39 is 14.9 Å². The van der Waals surface area contributed by atoms with Crippen molar-refractivity contribution in [2.24, 2.45) is 0 Å². The van der Waals surface area contributed by atoms with Crippen LogP contribution < -0.4 is 4.90 Å². The van der Waals surface area contributed by atoms with Crippen LogP contribution in [-0.2, 0) is 10.0 Å². The number of sulfonamides is 1. The van der Waals surface area contributed by atoms with Crippen LogP contribution in [0.5, 0.6) is 0 Å². The quantitative estimate of drug-likeness (QED) is 0.528. The number of nitro groups is 1. The van der Waals surface area contributed by atoms with Crippen molar-refractivity contribution in [1.29, 1.82) is 0 Å². The molecule has 3 aromatic heterocycles. The molecule has 3 aromatic rings. The summed E-state index contributed by atoms with van der Waals surface area (Å²) in [6.07, 6.45) is 4.53. The highest BCUT2D eigenvalue weighted by Gasteiger charge is 2.32. The molecule has 0 unspecified atom stereocenters. The summed E-state index contributed by atoms with van der Waals surface area (Å²) in [6.45, 7) is 1.06. The molecule has 1 fully saturated rings. The van der Waals surface area contributed by atoms with Gasteiger partial charge in [-0.1, -0.05) is 0 Å². The van der Waals surface area contributed by atoms with Crippen LogP contribution in [0.2, 0.25) is 0 Å². The van der Waals surface area contributed by atoms with Gasteiger partial charge in [0.25, 0.3) is 0 Å². The molecule has 11 heteroatoms. The minimum absolute atomic E-state index is 0.0866. The van der Waals surface area contributed by atoms with Crippen LogP contribution in [-0.4, -0.2) is 58.8 Å². The normalized spacial score (nSPS) is 15.9. The van der Waals surface area contributed by atoms with Gasteiger partial charge in [0.2, 0.25) is 15.8 Å². The largest absolute Gasteiger partial charge is 0.348 e. The van der Waals surface area contributed by atoms with Crippen molar-refractivity contribution in [2.75, 3.05) is 31.1 Å². The molecule has 10 nitrogen and oxygen atoms in total. The molecule has 1 saturated heterocycles. The Hall–Kier alpha value is -3.05. The maximum atomic E-state index is 13.0. The first-order chi connectivity index (χ1) is 13.0. The molecule has 0 saturated carbocycles. The Balaban J connectivity index is 1.57. The summed E-state index contributed by atoms with van der Waals surface area (Å²) in [5.74, 6) is 0.260. The molecular weight excluding hydrogens is 372 g/mol. The Morgan fingerprint density at radius 2 is 1.78 bits per heavy atom. The maximum Gasteiger partial charge on any atom is 0.311 e. The Labute approximate surface area is 154 Å². The van der Waals surface area contributed by atoms with Gasteiger partial charge in [-0.2, -0.15) is 4.31 Å². The number of hydrogen-bond donors (Lipinski definition) is 1.